The highest BCUT2D eigenvalue weighted by Crippen LogP contribution is 2.32. The fraction of sp³-hybridized carbons (Fsp3) is 0.324. The molecule has 2 aromatic heterocycles. The predicted molar refractivity (Wildman–Crippen MR) is 164 cm³/mol. The summed E-state index contributed by atoms with van der Waals surface area (Å²) in [6.45, 7) is 2.24. The van der Waals surface area contributed by atoms with E-state index in [2.05, 4.69) is 81.3 Å². The first-order chi connectivity index (χ1) is 20.6. The number of hydrogen-bond acceptors (Lipinski definition) is 5. The van der Waals surface area contributed by atoms with Crippen molar-refractivity contribution in [1.29, 1.82) is 0 Å². The summed E-state index contributed by atoms with van der Waals surface area (Å²) in [4.78, 5) is 17.9. The lowest BCUT2D eigenvalue weighted by Gasteiger charge is -2.36. The molecule has 3 N–H and O–H groups in total. The number of para-hydroxylation sites is 1. The number of H-pyrrole nitrogens is 1. The van der Waals surface area contributed by atoms with Gasteiger partial charge in [0.1, 0.15) is 11.6 Å². The summed E-state index contributed by atoms with van der Waals surface area (Å²) in [5, 5.41) is 10.9. The van der Waals surface area contributed by atoms with Crippen LogP contribution in [0.3, 0.4) is 0 Å². The molecule has 42 heavy (non-hydrogen) atoms. The number of fused-ring (bicyclic) bond motifs is 1. The van der Waals surface area contributed by atoms with E-state index in [0.717, 1.165) is 73.7 Å². The van der Waals surface area contributed by atoms with E-state index in [0.29, 0.717) is 6.54 Å². The number of nitrogens with zero attached hydrogens (tertiary/aromatic N) is 4. The number of methoxy groups -OCH3 is 1. The third kappa shape index (κ3) is 6.09. The normalized spacial score (nSPS) is 15.2. The molecule has 1 saturated heterocycles. The van der Waals surface area contributed by atoms with Crippen molar-refractivity contribution in [2.75, 3.05) is 20.2 Å². The van der Waals surface area contributed by atoms with E-state index in [4.69, 9.17) is 20.7 Å². The van der Waals surface area contributed by atoms with E-state index in [1.807, 2.05) is 18.2 Å². The van der Waals surface area contributed by atoms with Gasteiger partial charge >= 0.3 is 0 Å². The minimum atomic E-state index is -0.200. The van der Waals surface area contributed by atoms with Crippen molar-refractivity contribution in [2.45, 2.75) is 44.7 Å². The zero-order chi connectivity index (χ0) is 28.9. The second-order valence-corrected chi connectivity index (χ2v) is 11.2. The minimum absolute atomic E-state index is 0.00532. The van der Waals surface area contributed by atoms with E-state index < -0.39 is 0 Å². The maximum atomic E-state index is 12.0. The molecule has 3 heterocycles. The van der Waals surface area contributed by atoms with Crippen LogP contribution in [0.4, 0.5) is 0 Å². The lowest BCUT2D eigenvalue weighted by Crippen LogP contribution is -2.42. The maximum Gasteiger partial charge on any atom is 0.220 e. The number of aryl methyl sites for hydroxylation is 2. The van der Waals surface area contributed by atoms with Gasteiger partial charge in [0.2, 0.25) is 5.91 Å². The number of carbonyl (C=O) groups is 1. The monoisotopic (exact) mass is 562 g/mol. The van der Waals surface area contributed by atoms with Crippen LogP contribution in [-0.4, -0.2) is 50.8 Å². The molecule has 8 nitrogen and oxygen atoms in total. The molecule has 216 valence electrons. The summed E-state index contributed by atoms with van der Waals surface area (Å²) >= 11 is 0. The average molecular weight is 563 g/mol. The Labute approximate surface area is 246 Å². The van der Waals surface area contributed by atoms with Gasteiger partial charge in [0.25, 0.3) is 0 Å². The average Bonchev–Trinajstić information content (AvgIpc) is 3.63. The molecule has 0 saturated carbocycles. The number of benzene rings is 3. The number of aromatic nitrogens is 4. The highest BCUT2D eigenvalue weighted by atomic mass is 16.5. The molecule has 1 amide bonds. The molecule has 5 aromatic rings. The summed E-state index contributed by atoms with van der Waals surface area (Å²) < 4.78 is 7.71. The minimum Gasteiger partial charge on any atom is -0.497 e. The Balaban J connectivity index is 1.37. The standard InChI is InChI=1S/C34H38N6O2/c1-42-28-14-11-25(12-15-28)23-40-32(16-13-24-7-3-2-4-8-24)37-38-34(40)31(39-19-17-26(18-20-39)33(35)41)21-27-22-36-30-10-6-5-9-29(27)30/h2-12,14-15,22,26,31,36H,13,16-21,23H2,1H3,(H2,35,41)/t31-/m1/s1. The van der Waals surface area contributed by atoms with E-state index in [9.17, 15) is 4.79 Å². The Bertz CT molecular complexity index is 1620. The molecule has 0 unspecified atom stereocenters. The molecule has 1 aliphatic rings. The van der Waals surface area contributed by atoms with E-state index in [1.54, 1.807) is 7.11 Å². The largest absolute Gasteiger partial charge is 0.497 e. The number of amides is 1. The number of likely N-dealkylation sites (tertiary alicyclic amines) is 1. The first-order valence-corrected chi connectivity index (χ1v) is 14.8. The van der Waals surface area contributed by atoms with Crippen molar-refractivity contribution >= 4 is 16.8 Å². The zero-order valence-electron chi connectivity index (χ0n) is 24.1. The highest BCUT2D eigenvalue weighted by Gasteiger charge is 2.32. The van der Waals surface area contributed by atoms with Crippen molar-refractivity contribution in [1.82, 2.24) is 24.6 Å². The number of nitrogens with one attached hydrogen (secondary N) is 1. The third-order valence-electron chi connectivity index (χ3n) is 8.59. The van der Waals surface area contributed by atoms with Crippen molar-refractivity contribution < 1.29 is 9.53 Å². The summed E-state index contributed by atoms with van der Waals surface area (Å²) in [5.41, 5.74) is 10.5. The SMILES string of the molecule is COc1ccc(Cn2c(CCc3ccccc3)nnc2[C@@H](Cc2c[nH]c3ccccc23)N2CCC(C(N)=O)CC2)cc1. The number of primary amides is 1. The fourth-order valence-corrected chi connectivity index (χ4v) is 6.16. The number of carbonyl (C=O) groups excluding carboxylic acids is 1. The Hall–Kier alpha value is -4.43. The molecule has 1 aliphatic heterocycles. The Kier molecular flexibility index (Phi) is 8.33. The molecule has 3 aromatic carbocycles. The molecule has 1 atom stereocenters. The summed E-state index contributed by atoms with van der Waals surface area (Å²) in [6.07, 6.45) is 6.09. The summed E-state index contributed by atoms with van der Waals surface area (Å²) in [5.74, 6) is 2.49. The van der Waals surface area contributed by atoms with Gasteiger partial charge in [0.05, 0.1) is 19.7 Å². The summed E-state index contributed by atoms with van der Waals surface area (Å²) in [7, 11) is 1.69. The first-order valence-electron chi connectivity index (χ1n) is 14.8. The van der Waals surface area contributed by atoms with Gasteiger partial charge in [-0.2, -0.15) is 0 Å². The van der Waals surface area contributed by atoms with Crippen LogP contribution in [-0.2, 0) is 30.6 Å². The molecule has 8 heteroatoms. The van der Waals surface area contributed by atoms with Crippen LogP contribution >= 0.6 is 0 Å². The number of ether oxygens (including phenoxy) is 1. The van der Waals surface area contributed by atoms with Gasteiger partial charge in [0, 0.05) is 29.4 Å². The van der Waals surface area contributed by atoms with Crippen molar-refractivity contribution in [3.8, 4) is 5.75 Å². The predicted octanol–water partition coefficient (Wildman–Crippen LogP) is 5.08. The topological polar surface area (TPSA) is 102 Å². The Morgan fingerprint density at radius 1 is 0.952 bits per heavy atom. The van der Waals surface area contributed by atoms with Crippen molar-refractivity contribution in [2.24, 2.45) is 11.7 Å². The smallest absolute Gasteiger partial charge is 0.220 e. The van der Waals surface area contributed by atoms with Gasteiger partial charge in [0.15, 0.2) is 5.82 Å². The van der Waals surface area contributed by atoms with Crippen LogP contribution < -0.4 is 10.5 Å². The highest BCUT2D eigenvalue weighted by molar-refractivity contribution is 5.83. The molecular formula is C34H38N6O2. The first kappa shape index (κ1) is 27.7. The third-order valence-corrected chi connectivity index (χ3v) is 8.59. The van der Waals surface area contributed by atoms with E-state index in [-0.39, 0.29) is 17.9 Å². The molecule has 6 rings (SSSR count). The van der Waals surface area contributed by atoms with E-state index in [1.165, 1.54) is 16.5 Å². The lowest BCUT2D eigenvalue weighted by atomic mass is 9.93. The molecule has 0 bridgehead atoms. The van der Waals surface area contributed by atoms with Crippen molar-refractivity contribution in [3.63, 3.8) is 0 Å². The molecule has 0 aliphatic carbocycles. The zero-order valence-corrected chi connectivity index (χ0v) is 24.1. The van der Waals surface area contributed by atoms with Crippen molar-refractivity contribution in [3.05, 3.63) is 113 Å². The number of hydrogen-bond donors (Lipinski definition) is 2. The number of aromatic amines is 1. The number of piperidine rings is 1. The van der Waals surface area contributed by atoms with Crippen LogP contribution in [0.15, 0.2) is 85.1 Å². The van der Waals surface area contributed by atoms with E-state index >= 15 is 0 Å². The molecule has 0 spiro atoms. The fourth-order valence-electron chi connectivity index (χ4n) is 6.16. The Morgan fingerprint density at radius 3 is 2.43 bits per heavy atom. The van der Waals surface area contributed by atoms with Gasteiger partial charge in [-0.1, -0.05) is 60.7 Å². The van der Waals surface area contributed by atoms with Gasteiger partial charge in [-0.25, -0.2) is 0 Å². The summed E-state index contributed by atoms with van der Waals surface area (Å²) in [6, 6.07) is 27.2. The second-order valence-electron chi connectivity index (χ2n) is 11.2. The Morgan fingerprint density at radius 2 is 1.69 bits per heavy atom. The molecule has 1 fully saturated rings. The molecular weight excluding hydrogens is 524 g/mol. The van der Waals surface area contributed by atoms with Crippen LogP contribution in [0.1, 0.15) is 47.2 Å². The van der Waals surface area contributed by atoms with Gasteiger partial charge in [-0.15, -0.1) is 10.2 Å². The van der Waals surface area contributed by atoms with Crippen LogP contribution in [0.25, 0.3) is 10.9 Å². The number of rotatable bonds is 11. The quantitative estimate of drug-likeness (QED) is 0.234. The van der Waals surface area contributed by atoms with Crippen LogP contribution in [0.2, 0.25) is 0 Å². The van der Waals surface area contributed by atoms with Gasteiger partial charge in [-0.3, -0.25) is 9.69 Å². The van der Waals surface area contributed by atoms with Crippen LogP contribution in [0.5, 0.6) is 5.75 Å². The van der Waals surface area contributed by atoms with Gasteiger partial charge in [-0.05, 0) is 73.7 Å². The second kappa shape index (κ2) is 12.6. The lowest BCUT2D eigenvalue weighted by molar-refractivity contribution is -0.123. The number of nitrogens with two attached hydrogens (primary N) is 1. The van der Waals surface area contributed by atoms with Gasteiger partial charge < -0.3 is 20.0 Å². The molecule has 0 radical (unpaired) electrons. The van der Waals surface area contributed by atoms with Crippen LogP contribution in [0, 0.1) is 5.92 Å². The maximum absolute atomic E-state index is 12.0.